The molecular formula is C14H15FN4S. The third kappa shape index (κ3) is 1.79. The lowest BCUT2D eigenvalue weighted by molar-refractivity contribution is 0.618. The summed E-state index contributed by atoms with van der Waals surface area (Å²) in [6.07, 6.45) is 0.828. The van der Waals surface area contributed by atoms with Crippen LogP contribution in [0.15, 0.2) is 18.2 Å². The Morgan fingerprint density at radius 2 is 2.15 bits per heavy atom. The SMILES string of the molecule is CCc1nn(C)c2c1[nH]c(=S)n2-c1ccc(F)c(C)c1. The van der Waals surface area contributed by atoms with Crippen molar-refractivity contribution in [3.05, 3.63) is 40.0 Å². The summed E-state index contributed by atoms with van der Waals surface area (Å²) < 4.78 is 17.7. The van der Waals surface area contributed by atoms with E-state index in [9.17, 15) is 4.39 Å². The number of rotatable bonds is 2. The average Bonchev–Trinajstić information content (AvgIpc) is 2.90. The van der Waals surface area contributed by atoms with Crippen LogP contribution in [0.1, 0.15) is 18.2 Å². The number of aryl methyl sites for hydroxylation is 3. The molecule has 1 aromatic carbocycles. The van der Waals surface area contributed by atoms with Gasteiger partial charge in [0.2, 0.25) is 0 Å². The van der Waals surface area contributed by atoms with E-state index in [1.165, 1.54) is 6.07 Å². The van der Waals surface area contributed by atoms with Crippen molar-refractivity contribution in [1.29, 1.82) is 0 Å². The van der Waals surface area contributed by atoms with Gasteiger partial charge in [-0.05, 0) is 49.3 Å². The monoisotopic (exact) mass is 290 g/mol. The lowest BCUT2D eigenvalue weighted by Gasteiger charge is -2.06. The molecule has 4 nitrogen and oxygen atoms in total. The van der Waals surface area contributed by atoms with Crippen molar-refractivity contribution in [3.8, 4) is 5.69 Å². The molecule has 2 heterocycles. The number of H-pyrrole nitrogens is 1. The van der Waals surface area contributed by atoms with E-state index in [2.05, 4.69) is 17.0 Å². The van der Waals surface area contributed by atoms with Gasteiger partial charge in [-0.2, -0.15) is 5.10 Å². The quantitative estimate of drug-likeness (QED) is 0.734. The van der Waals surface area contributed by atoms with E-state index in [0.29, 0.717) is 10.3 Å². The van der Waals surface area contributed by atoms with E-state index in [1.807, 2.05) is 11.6 Å². The van der Waals surface area contributed by atoms with E-state index in [1.54, 1.807) is 23.7 Å². The molecule has 20 heavy (non-hydrogen) atoms. The second-order valence-electron chi connectivity index (χ2n) is 4.82. The highest BCUT2D eigenvalue weighted by atomic mass is 32.1. The second kappa shape index (κ2) is 4.56. The Morgan fingerprint density at radius 3 is 2.80 bits per heavy atom. The first-order valence-corrected chi connectivity index (χ1v) is 6.87. The van der Waals surface area contributed by atoms with Gasteiger partial charge in [-0.15, -0.1) is 0 Å². The van der Waals surface area contributed by atoms with Crippen LogP contribution in [0, 0.1) is 17.5 Å². The molecule has 1 N–H and O–H groups in total. The predicted octanol–water partition coefficient (Wildman–Crippen LogP) is 3.43. The molecule has 0 radical (unpaired) electrons. The summed E-state index contributed by atoms with van der Waals surface area (Å²) in [5.41, 5.74) is 4.26. The van der Waals surface area contributed by atoms with Crippen molar-refractivity contribution in [2.45, 2.75) is 20.3 Å². The summed E-state index contributed by atoms with van der Waals surface area (Å²) in [5, 5.41) is 4.48. The molecule has 3 aromatic rings. The van der Waals surface area contributed by atoms with E-state index in [-0.39, 0.29) is 5.82 Å². The molecule has 0 aliphatic carbocycles. The molecule has 0 aliphatic rings. The Morgan fingerprint density at radius 1 is 1.40 bits per heavy atom. The highest BCUT2D eigenvalue weighted by Gasteiger charge is 2.15. The minimum atomic E-state index is -0.216. The van der Waals surface area contributed by atoms with Gasteiger partial charge in [-0.25, -0.2) is 9.07 Å². The average molecular weight is 290 g/mol. The molecule has 0 spiro atoms. The molecule has 0 atom stereocenters. The number of hydrogen-bond acceptors (Lipinski definition) is 2. The maximum Gasteiger partial charge on any atom is 0.184 e. The fourth-order valence-electron chi connectivity index (χ4n) is 2.47. The summed E-state index contributed by atoms with van der Waals surface area (Å²) in [4.78, 5) is 3.20. The van der Waals surface area contributed by atoms with Gasteiger partial charge >= 0.3 is 0 Å². The summed E-state index contributed by atoms with van der Waals surface area (Å²) >= 11 is 5.40. The van der Waals surface area contributed by atoms with Crippen molar-refractivity contribution < 1.29 is 4.39 Å². The lowest BCUT2D eigenvalue weighted by Crippen LogP contribution is -2.01. The summed E-state index contributed by atoms with van der Waals surface area (Å²) in [6.45, 7) is 3.80. The van der Waals surface area contributed by atoms with E-state index >= 15 is 0 Å². The van der Waals surface area contributed by atoms with Crippen LogP contribution in [-0.2, 0) is 13.5 Å². The van der Waals surface area contributed by atoms with Crippen LogP contribution in [0.25, 0.3) is 16.9 Å². The topological polar surface area (TPSA) is 38.5 Å². The predicted molar refractivity (Wildman–Crippen MR) is 79.3 cm³/mol. The first-order chi connectivity index (χ1) is 9.52. The Bertz CT molecular complexity index is 856. The molecule has 0 fully saturated rings. The first-order valence-electron chi connectivity index (χ1n) is 6.46. The van der Waals surface area contributed by atoms with E-state index < -0.39 is 0 Å². The van der Waals surface area contributed by atoms with Gasteiger partial charge in [0.25, 0.3) is 0 Å². The molecule has 104 valence electrons. The Kier molecular flexibility index (Phi) is 2.97. The van der Waals surface area contributed by atoms with Gasteiger partial charge < -0.3 is 4.98 Å². The zero-order valence-electron chi connectivity index (χ0n) is 11.6. The number of benzene rings is 1. The van der Waals surface area contributed by atoms with Crippen LogP contribution in [-0.4, -0.2) is 19.3 Å². The molecular weight excluding hydrogens is 275 g/mol. The minimum absolute atomic E-state index is 0.216. The third-order valence-electron chi connectivity index (χ3n) is 3.47. The van der Waals surface area contributed by atoms with Crippen LogP contribution in [0.4, 0.5) is 4.39 Å². The number of nitrogens with one attached hydrogen (secondary N) is 1. The highest BCUT2D eigenvalue weighted by Crippen LogP contribution is 2.23. The fraction of sp³-hybridized carbons (Fsp3) is 0.286. The van der Waals surface area contributed by atoms with E-state index in [0.717, 1.165) is 29.0 Å². The van der Waals surface area contributed by atoms with Crippen molar-refractivity contribution in [1.82, 2.24) is 19.3 Å². The molecule has 3 rings (SSSR count). The lowest BCUT2D eigenvalue weighted by atomic mass is 10.2. The smallest absolute Gasteiger partial charge is 0.184 e. The van der Waals surface area contributed by atoms with Crippen LogP contribution < -0.4 is 0 Å². The molecule has 6 heteroatoms. The van der Waals surface area contributed by atoms with Crippen LogP contribution in [0.3, 0.4) is 0 Å². The third-order valence-corrected chi connectivity index (χ3v) is 3.76. The Balaban J connectivity index is 2.35. The van der Waals surface area contributed by atoms with Crippen molar-refractivity contribution >= 4 is 23.4 Å². The summed E-state index contributed by atoms with van der Waals surface area (Å²) in [5.74, 6) is -0.216. The molecule has 0 bridgehead atoms. The Hall–Kier alpha value is -1.95. The van der Waals surface area contributed by atoms with Gasteiger partial charge in [0.1, 0.15) is 11.3 Å². The number of aromatic amines is 1. The molecule has 0 saturated carbocycles. The van der Waals surface area contributed by atoms with Crippen LogP contribution in [0.2, 0.25) is 0 Å². The van der Waals surface area contributed by atoms with Crippen LogP contribution in [0.5, 0.6) is 0 Å². The molecule has 0 unspecified atom stereocenters. The van der Waals surface area contributed by atoms with Gasteiger partial charge in [0.15, 0.2) is 10.4 Å². The summed E-state index contributed by atoms with van der Waals surface area (Å²) in [7, 11) is 1.89. The summed E-state index contributed by atoms with van der Waals surface area (Å²) in [6, 6.07) is 4.98. The standard InChI is InChI=1S/C14H15FN4S/c1-4-11-12-13(18(3)17-11)19(14(20)16-12)9-5-6-10(15)8(2)7-9/h5-7H,4H2,1-3H3,(H,16,20). The minimum Gasteiger partial charge on any atom is -0.327 e. The van der Waals surface area contributed by atoms with Gasteiger partial charge in [-0.3, -0.25) is 4.57 Å². The second-order valence-corrected chi connectivity index (χ2v) is 5.21. The number of nitrogens with zero attached hydrogens (tertiary/aromatic N) is 3. The molecule has 0 aliphatic heterocycles. The van der Waals surface area contributed by atoms with Crippen molar-refractivity contribution in [2.75, 3.05) is 0 Å². The highest BCUT2D eigenvalue weighted by molar-refractivity contribution is 7.71. The maximum atomic E-state index is 13.4. The Labute approximate surface area is 120 Å². The van der Waals surface area contributed by atoms with Gasteiger partial charge in [0.05, 0.1) is 11.4 Å². The first kappa shape index (κ1) is 13.1. The van der Waals surface area contributed by atoms with E-state index in [4.69, 9.17) is 12.2 Å². The molecule has 2 aromatic heterocycles. The number of halogens is 1. The number of hydrogen-bond donors (Lipinski definition) is 1. The fourth-order valence-corrected chi connectivity index (χ4v) is 2.76. The maximum absolute atomic E-state index is 13.4. The largest absolute Gasteiger partial charge is 0.327 e. The molecule has 0 amide bonds. The molecule has 0 saturated heterocycles. The number of aromatic nitrogens is 4. The van der Waals surface area contributed by atoms with Crippen molar-refractivity contribution in [2.24, 2.45) is 7.05 Å². The zero-order chi connectivity index (χ0) is 14.4. The van der Waals surface area contributed by atoms with Gasteiger partial charge in [0, 0.05) is 7.05 Å². The normalized spacial score (nSPS) is 11.4. The number of fused-ring (bicyclic) bond motifs is 1. The van der Waals surface area contributed by atoms with Crippen molar-refractivity contribution in [3.63, 3.8) is 0 Å². The number of imidazole rings is 1. The van der Waals surface area contributed by atoms with Gasteiger partial charge in [-0.1, -0.05) is 6.92 Å². The van der Waals surface area contributed by atoms with Crippen LogP contribution >= 0.6 is 12.2 Å². The zero-order valence-corrected chi connectivity index (χ0v) is 12.4.